The summed E-state index contributed by atoms with van der Waals surface area (Å²) in [6.45, 7) is 1.43. The third-order valence-corrected chi connectivity index (χ3v) is 20.4. The van der Waals surface area contributed by atoms with Crippen LogP contribution in [-0.2, 0) is 87.4 Å². The van der Waals surface area contributed by atoms with Gasteiger partial charge < -0.3 is 73.6 Å². The number of pyridine rings is 3. The van der Waals surface area contributed by atoms with E-state index in [1.54, 1.807) is 79.4 Å². The predicted molar refractivity (Wildman–Crippen MR) is 434 cm³/mol. The van der Waals surface area contributed by atoms with Crippen molar-refractivity contribution in [1.82, 2.24) is 71.8 Å². The van der Waals surface area contributed by atoms with E-state index in [-0.39, 0.29) is 120 Å². The summed E-state index contributed by atoms with van der Waals surface area (Å²) in [4.78, 5) is 127. The number of amides is 6. The minimum atomic E-state index is -4.08. The Morgan fingerprint density at radius 3 is 1.57 bits per heavy atom. The summed E-state index contributed by atoms with van der Waals surface area (Å²) in [6, 6.07) is 44.0. The van der Waals surface area contributed by atoms with E-state index in [0.29, 0.717) is 58.6 Å². The van der Waals surface area contributed by atoms with E-state index in [1.165, 1.54) is 6.07 Å². The number of carbonyl (C=O) groups excluding carboxylic acids is 7. The number of aromatic nitrogens is 5. The van der Waals surface area contributed by atoms with Crippen LogP contribution in [0.15, 0.2) is 200 Å². The minimum Gasteiger partial charge on any atom is -0.459 e. The number of hydrogen-bond donors (Lipinski definition) is 15. The first-order valence-electron chi connectivity index (χ1n) is 37.6. The van der Waals surface area contributed by atoms with Crippen LogP contribution in [0.25, 0.3) is 32.6 Å². The number of nitrogens with two attached hydrogens (primary N) is 2. The third-order valence-electron chi connectivity index (χ3n) is 18.9. The van der Waals surface area contributed by atoms with Gasteiger partial charge in [-0.1, -0.05) is 109 Å². The molecule has 113 heavy (non-hydrogen) atoms. The van der Waals surface area contributed by atoms with E-state index in [0.717, 1.165) is 38.9 Å². The Morgan fingerprint density at radius 2 is 0.973 bits per heavy atom. The minimum absolute atomic E-state index is 0.0154. The molecule has 30 nitrogen and oxygen atoms in total. The summed E-state index contributed by atoms with van der Waals surface area (Å²) in [7, 11) is -0.349. The van der Waals surface area contributed by atoms with Gasteiger partial charge in [0.25, 0.3) is 0 Å². The fraction of sp³-hybridized carbons (Fsp3) is 0.317. The van der Waals surface area contributed by atoms with Gasteiger partial charge in [-0.25, -0.2) is 22.9 Å². The molecule has 0 radical (unpaired) electrons. The van der Waals surface area contributed by atoms with Crippen LogP contribution in [0.3, 0.4) is 0 Å². The van der Waals surface area contributed by atoms with E-state index in [4.69, 9.17) is 32.0 Å². The maximum absolute atomic E-state index is 15.3. The van der Waals surface area contributed by atoms with Gasteiger partial charge in [-0.05, 0) is 129 Å². The maximum Gasteiger partial charge on any atom is 0.329 e. The molecule has 10 aromatic rings. The third kappa shape index (κ3) is 25.2. The highest BCUT2D eigenvalue weighted by atomic mass is 32.2. The SMILES string of the molecule is CN(C)c1cccc2c(S(=O)(=O)NCCCC[C@H](NC(=O)CCCC(=O)Nc3cccc(CN(Cc4ccccn4)Cc4ccccn4)n3)C(=O)N[C@@H](CCCNC(=N)N)C(=O)N[C@@H](Cc3c[nH]c4ccccc34)C(=O)N[C@@H](CCCNC(=N)N)C(=O)N[C@@H](Cc3c[nH]c4ccccc34)C(=O)OCc3ccccc3)cccc12. The number of H-pyrrole nitrogens is 2. The Morgan fingerprint density at radius 1 is 0.487 bits per heavy atom. The zero-order valence-corrected chi connectivity index (χ0v) is 64.0. The van der Waals surface area contributed by atoms with Crippen LogP contribution in [0, 0.1) is 10.8 Å². The molecule has 0 fully saturated rings. The topological polar surface area (TPSA) is 448 Å². The van der Waals surface area contributed by atoms with Crippen LogP contribution in [0.2, 0.25) is 0 Å². The molecule has 0 aliphatic heterocycles. The number of ether oxygens (including phenoxy) is 1. The molecule has 0 spiro atoms. The van der Waals surface area contributed by atoms with Gasteiger partial charge in [-0.3, -0.25) is 54.5 Å². The summed E-state index contributed by atoms with van der Waals surface area (Å²) in [5.41, 5.74) is 18.0. The molecule has 0 saturated heterocycles. The molecule has 5 aromatic heterocycles. The number of rotatable bonds is 43. The summed E-state index contributed by atoms with van der Waals surface area (Å²) in [5.74, 6) is -5.44. The molecule has 17 N–H and O–H groups in total. The Hall–Kier alpha value is -12.6. The van der Waals surface area contributed by atoms with Crippen LogP contribution >= 0.6 is 0 Å². The standard InChI is InChI=1S/C82H98N20O10S/c1-101(2)71-36-17-30-63-62(71)29-18-37-72(63)113(110,111)93-45-15-12-33-66(95-74(103)39-19-40-75(104)100-73-38-16-26-59(94-73)52-102(50-57-24-10-13-41-87-57)51-58-25-11-14-42-88-58)76(105)96-67(34-20-43-89-81(83)84)77(106)98-69(46-55-48-91-64-31-8-6-27-60(55)64)79(108)97-68(35-21-44-90-82(85)86)78(107)99-70(80(109)112-53-54-22-4-3-5-23-54)47-56-49-92-65-32-9-7-28-61(56)65/h3-11,13-14,16-18,22-32,36-38,41-42,48-49,66-70,91-93H,12,15,19-21,33-35,39-40,43-47,50-53H2,1-2H3,(H,95,103)(H,96,105)(H,97,108)(H,98,106)(H,99,107)(H4,83,84,89)(H4,85,86,90)(H,94,100,104)/t66-,67-,68-,69-,70-/m0/s1. The number of carbonyl (C=O) groups is 7. The highest BCUT2D eigenvalue weighted by molar-refractivity contribution is 7.89. The van der Waals surface area contributed by atoms with Crippen molar-refractivity contribution in [3.63, 3.8) is 0 Å². The predicted octanol–water partition coefficient (Wildman–Crippen LogP) is 6.69. The summed E-state index contributed by atoms with van der Waals surface area (Å²) >= 11 is 0. The largest absolute Gasteiger partial charge is 0.459 e. The number of para-hydroxylation sites is 2. The van der Waals surface area contributed by atoms with E-state index in [1.807, 2.05) is 128 Å². The van der Waals surface area contributed by atoms with Crippen LogP contribution in [-0.4, -0.2) is 156 Å². The summed E-state index contributed by atoms with van der Waals surface area (Å²) in [5, 5.41) is 41.0. The van der Waals surface area contributed by atoms with Gasteiger partial charge in [0, 0.05) is 142 Å². The van der Waals surface area contributed by atoms with E-state index >= 15 is 14.4 Å². The molecule has 31 heteroatoms. The number of esters is 1. The van der Waals surface area contributed by atoms with Crippen molar-refractivity contribution in [2.24, 2.45) is 11.5 Å². The molecule has 6 amide bonds. The van der Waals surface area contributed by atoms with Crippen molar-refractivity contribution in [2.45, 2.75) is 138 Å². The molecule has 0 saturated carbocycles. The van der Waals surface area contributed by atoms with E-state index in [9.17, 15) is 27.6 Å². The lowest BCUT2D eigenvalue weighted by Crippen LogP contribution is -2.59. The second-order valence-electron chi connectivity index (χ2n) is 27.7. The molecule has 5 atom stereocenters. The lowest BCUT2D eigenvalue weighted by Gasteiger charge is -2.27. The Kier molecular flexibility index (Phi) is 30.4. The molecule has 0 aliphatic rings. The zero-order chi connectivity index (χ0) is 80.1. The number of hydrogen-bond acceptors (Lipinski definition) is 17. The number of nitrogens with one attached hydrogen (secondary N) is 13. The van der Waals surface area contributed by atoms with Crippen molar-refractivity contribution in [2.75, 3.05) is 43.9 Å². The Bertz CT molecular complexity index is 4970. The fourth-order valence-electron chi connectivity index (χ4n) is 13.2. The lowest BCUT2D eigenvalue weighted by molar-refractivity contribution is -0.149. The fourth-order valence-corrected chi connectivity index (χ4v) is 14.5. The molecule has 0 aliphatic carbocycles. The van der Waals surface area contributed by atoms with Crippen molar-refractivity contribution < 1.29 is 46.7 Å². The van der Waals surface area contributed by atoms with Gasteiger partial charge in [-0.2, -0.15) is 0 Å². The number of unbranched alkanes of at least 4 members (excludes halogenated alkanes) is 1. The monoisotopic (exact) mass is 1550 g/mol. The Balaban J connectivity index is 0.869. The normalized spacial score (nSPS) is 12.7. The molecule has 10 rings (SSSR count). The van der Waals surface area contributed by atoms with Crippen LogP contribution < -0.4 is 63.6 Å². The quantitative estimate of drug-likeness (QED) is 0.00818. The highest BCUT2D eigenvalue weighted by Crippen LogP contribution is 2.31. The number of fused-ring (bicyclic) bond motifs is 3. The van der Waals surface area contributed by atoms with Crippen molar-refractivity contribution >= 4 is 107 Å². The van der Waals surface area contributed by atoms with E-state index in [2.05, 4.69) is 72.1 Å². The molecular weight excluding hydrogens is 1460 g/mol. The molecular formula is C82H98N20O10S. The zero-order valence-electron chi connectivity index (χ0n) is 63.2. The number of nitrogens with zero attached hydrogens (tertiary/aromatic N) is 5. The maximum atomic E-state index is 15.3. The van der Waals surface area contributed by atoms with Crippen LogP contribution in [0.4, 0.5) is 11.5 Å². The average molecular weight is 1560 g/mol. The van der Waals surface area contributed by atoms with Crippen molar-refractivity contribution in [3.8, 4) is 0 Å². The molecule has 592 valence electrons. The molecule has 0 bridgehead atoms. The van der Waals surface area contributed by atoms with Gasteiger partial charge in [0.1, 0.15) is 42.6 Å². The number of guanidine groups is 2. The highest BCUT2D eigenvalue weighted by Gasteiger charge is 2.35. The van der Waals surface area contributed by atoms with Gasteiger partial charge >= 0.3 is 5.97 Å². The van der Waals surface area contributed by atoms with Gasteiger partial charge in [0.15, 0.2) is 11.9 Å². The van der Waals surface area contributed by atoms with Gasteiger partial charge in [0.2, 0.25) is 45.5 Å². The number of anilines is 2. The van der Waals surface area contributed by atoms with Crippen molar-refractivity contribution in [3.05, 3.63) is 228 Å². The number of aromatic amines is 2. The second-order valence-corrected chi connectivity index (χ2v) is 29.4. The lowest BCUT2D eigenvalue weighted by atomic mass is 10.0. The van der Waals surface area contributed by atoms with Crippen LogP contribution in [0.1, 0.15) is 98.0 Å². The average Bonchev–Trinajstić information content (AvgIpc) is 1.51. The summed E-state index contributed by atoms with van der Waals surface area (Å²) < 4.78 is 36.6. The first-order chi connectivity index (χ1) is 54.6. The van der Waals surface area contributed by atoms with Crippen LogP contribution in [0.5, 0.6) is 0 Å². The van der Waals surface area contributed by atoms with Crippen molar-refractivity contribution in [1.29, 1.82) is 10.8 Å². The summed E-state index contributed by atoms with van der Waals surface area (Å²) in [6.07, 6.45) is 6.85. The number of sulfonamides is 1. The molecule has 0 unspecified atom stereocenters. The van der Waals surface area contributed by atoms with Gasteiger partial charge in [0.05, 0.1) is 22.0 Å². The van der Waals surface area contributed by atoms with Gasteiger partial charge in [-0.15, -0.1) is 0 Å². The van der Waals surface area contributed by atoms with E-state index < -0.39 is 81.6 Å². The number of benzene rings is 5. The molecule has 5 aromatic carbocycles. The second kappa shape index (κ2) is 41.4. The first kappa shape index (κ1) is 82.9. The molecule has 5 heterocycles. The first-order valence-corrected chi connectivity index (χ1v) is 39.0. The Labute approximate surface area is 655 Å². The smallest absolute Gasteiger partial charge is 0.329 e.